The zero-order chi connectivity index (χ0) is 16.7. The summed E-state index contributed by atoms with van der Waals surface area (Å²) in [7, 11) is 0. The molecule has 2 amide bonds. The summed E-state index contributed by atoms with van der Waals surface area (Å²) in [6, 6.07) is 0.505. The lowest BCUT2D eigenvalue weighted by Gasteiger charge is -2.48. The van der Waals surface area contributed by atoms with E-state index in [-0.39, 0.29) is 30.6 Å². The number of hydrogen-bond acceptors (Lipinski definition) is 2. The van der Waals surface area contributed by atoms with Crippen molar-refractivity contribution in [3.8, 4) is 0 Å². The van der Waals surface area contributed by atoms with Crippen LogP contribution in [0, 0.1) is 17.5 Å². The molecule has 2 aliphatic rings. The first-order chi connectivity index (χ1) is 10.9. The van der Waals surface area contributed by atoms with E-state index in [0.29, 0.717) is 19.3 Å². The standard InChI is InChI=1S/C15H15F3N2O3/c16-10-4-8(5-11(17)14(10)18)12-7-19(15(22)23)6-9-2-1-3-13(21)20(9)12/h4-5,9,12H,1-3,6-7H2,(H,22,23). The molecular weight excluding hydrogens is 313 g/mol. The Morgan fingerprint density at radius 1 is 1.17 bits per heavy atom. The van der Waals surface area contributed by atoms with Crippen LogP contribution in [0.5, 0.6) is 0 Å². The molecule has 2 unspecified atom stereocenters. The summed E-state index contributed by atoms with van der Waals surface area (Å²) in [6.07, 6.45) is 0.423. The lowest BCUT2D eigenvalue weighted by Crippen LogP contribution is -2.59. The van der Waals surface area contributed by atoms with Crippen molar-refractivity contribution in [2.45, 2.75) is 31.3 Å². The van der Waals surface area contributed by atoms with E-state index in [9.17, 15) is 27.9 Å². The first-order valence-corrected chi connectivity index (χ1v) is 7.32. The van der Waals surface area contributed by atoms with Crippen LogP contribution in [-0.2, 0) is 4.79 Å². The van der Waals surface area contributed by atoms with Crippen LogP contribution < -0.4 is 0 Å². The number of nitrogens with zero attached hydrogens (tertiary/aromatic N) is 2. The Kier molecular flexibility index (Phi) is 3.91. The minimum absolute atomic E-state index is 0.0626. The molecule has 1 aromatic carbocycles. The van der Waals surface area contributed by atoms with Gasteiger partial charge in [0.15, 0.2) is 17.5 Å². The lowest BCUT2D eigenvalue weighted by molar-refractivity contribution is -0.143. The van der Waals surface area contributed by atoms with Gasteiger partial charge < -0.3 is 14.9 Å². The summed E-state index contributed by atoms with van der Waals surface area (Å²) < 4.78 is 40.2. The van der Waals surface area contributed by atoms with Gasteiger partial charge in [0.25, 0.3) is 0 Å². The topological polar surface area (TPSA) is 60.9 Å². The number of hydrogen-bond donors (Lipinski definition) is 1. The number of carboxylic acid groups (broad SMARTS) is 1. The van der Waals surface area contributed by atoms with Crippen molar-refractivity contribution in [3.63, 3.8) is 0 Å². The number of piperazine rings is 1. The van der Waals surface area contributed by atoms with E-state index >= 15 is 0 Å². The smallest absolute Gasteiger partial charge is 0.407 e. The SMILES string of the molecule is O=C(O)N1CC2CCCC(=O)N2C(c2cc(F)c(F)c(F)c2)C1. The van der Waals surface area contributed by atoms with Crippen LogP contribution in [0.3, 0.4) is 0 Å². The Hall–Kier alpha value is -2.25. The van der Waals surface area contributed by atoms with Gasteiger partial charge >= 0.3 is 6.09 Å². The van der Waals surface area contributed by atoms with Gasteiger partial charge in [-0.3, -0.25) is 4.79 Å². The third-order valence-electron chi connectivity index (χ3n) is 4.43. The summed E-state index contributed by atoms with van der Waals surface area (Å²) in [5, 5.41) is 9.23. The van der Waals surface area contributed by atoms with Crippen molar-refractivity contribution in [2.24, 2.45) is 0 Å². The van der Waals surface area contributed by atoms with Gasteiger partial charge in [0.2, 0.25) is 5.91 Å². The van der Waals surface area contributed by atoms with Gasteiger partial charge in [-0.2, -0.15) is 0 Å². The van der Waals surface area contributed by atoms with Gasteiger partial charge in [-0.05, 0) is 30.5 Å². The third kappa shape index (κ3) is 2.73. The number of carbonyl (C=O) groups excluding carboxylic acids is 1. The van der Waals surface area contributed by atoms with Gasteiger partial charge in [-0.15, -0.1) is 0 Å². The molecule has 0 aliphatic carbocycles. The molecular formula is C15H15F3N2O3. The number of amides is 2. The van der Waals surface area contributed by atoms with Gasteiger partial charge in [-0.25, -0.2) is 18.0 Å². The predicted molar refractivity (Wildman–Crippen MR) is 73.1 cm³/mol. The van der Waals surface area contributed by atoms with Crippen molar-refractivity contribution >= 4 is 12.0 Å². The van der Waals surface area contributed by atoms with E-state index in [1.54, 1.807) is 0 Å². The molecule has 1 aromatic rings. The van der Waals surface area contributed by atoms with E-state index < -0.39 is 29.6 Å². The highest BCUT2D eigenvalue weighted by molar-refractivity contribution is 5.78. The van der Waals surface area contributed by atoms with Crippen molar-refractivity contribution in [1.29, 1.82) is 0 Å². The largest absolute Gasteiger partial charge is 0.465 e. The Morgan fingerprint density at radius 3 is 2.43 bits per heavy atom. The number of piperidine rings is 1. The van der Waals surface area contributed by atoms with Crippen molar-refractivity contribution in [1.82, 2.24) is 9.80 Å². The molecule has 23 heavy (non-hydrogen) atoms. The van der Waals surface area contributed by atoms with Crippen LogP contribution in [0.25, 0.3) is 0 Å². The molecule has 2 atom stereocenters. The normalized spacial score (nSPS) is 24.6. The Balaban J connectivity index is 2.02. The molecule has 1 N–H and O–H groups in total. The molecule has 2 fully saturated rings. The Bertz CT molecular complexity index is 644. The first kappa shape index (κ1) is 15.6. The molecule has 8 heteroatoms. The van der Waals surface area contributed by atoms with E-state index in [4.69, 9.17) is 0 Å². The average molecular weight is 328 g/mol. The van der Waals surface area contributed by atoms with Crippen LogP contribution in [0.2, 0.25) is 0 Å². The number of rotatable bonds is 1. The number of fused-ring (bicyclic) bond motifs is 1. The molecule has 5 nitrogen and oxygen atoms in total. The van der Waals surface area contributed by atoms with Crippen LogP contribution in [0.1, 0.15) is 30.9 Å². The number of halogens is 3. The van der Waals surface area contributed by atoms with E-state index in [2.05, 4.69) is 0 Å². The number of carbonyl (C=O) groups is 2. The predicted octanol–water partition coefficient (Wildman–Crippen LogP) is 2.52. The highest BCUT2D eigenvalue weighted by Crippen LogP contribution is 2.35. The molecule has 2 saturated heterocycles. The molecule has 3 rings (SSSR count). The molecule has 0 saturated carbocycles. The van der Waals surface area contributed by atoms with Crippen LogP contribution >= 0.6 is 0 Å². The quantitative estimate of drug-likeness (QED) is 0.806. The molecule has 0 aromatic heterocycles. The highest BCUT2D eigenvalue weighted by Gasteiger charge is 2.41. The zero-order valence-corrected chi connectivity index (χ0v) is 12.1. The Morgan fingerprint density at radius 2 is 1.83 bits per heavy atom. The molecule has 2 aliphatic heterocycles. The highest BCUT2D eigenvalue weighted by atomic mass is 19.2. The molecule has 0 bridgehead atoms. The average Bonchev–Trinajstić information content (AvgIpc) is 2.51. The second-order valence-electron chi connectivity index (χ2n) is 5.85. The Labute approximate surface area is 130 Å². The molecule has 0 radical (unpaired) electrons. The maximum absolute atomic E-state index is 13.5. The molecule has 124 valence electrons. The fraction of sp³-hybridized carbons (Fsp3) is 0.467. The van der Waals surface area contributed by atoms with Crippen LogP contribution in [0.4, 0.5) is 18.0 Å². The second kappa shape index (κ2) is 5.75. The zero-order valence-electron chi connectivity index (χ0n) is 12.1. The molecule has 0 spiro atoms. The lowest BCUT2D eigenvalue weighted by atomic mass is 9.92. The fourth-order valence-corrected chi connectivity index (χ4v) is 3.38. The van der Waals surface area contributed by atoms with Gasteiger partial charge in [0.1, 0.15) is 0 Å². The monoisotopic (exact) mass is 328 g/mol. The molecule has 2 heterocycles. The second-order valence-corrected chi connectivity index (χ2v) is 5.85. The maximum atomic E-state index is 13.5. The summed E-state index contributed by atoms with van der Waals surface area (Å²) in [4.78, 5) is 26.1. The minimum Gasteiger partial charge on any atom is -0.465 e. The van der Waals surface area contributed by atoms with E-state index in [1.165, 1.54) is 4.90 Å². The van der Waals surface area contributed by atoms with Crippen LogP contribution in [-0.4, -0.2) is 46.0 Å². The van der Waals surface area contributed by atoms with E-state index in [1.807, 2.05) is 0 Å². The van der Waals surface area contributed by atoms with Crippen molar-refractivity contribution < 1.29 is 27.9 Å². The summed E-state index contributed by atoms with van der Waals surface area (Å²) in [5.74, 6) is -4.47. The summed E-state index contributed by atoms with van der Waals surface area (Å²) in [5.41, 5.74) is 0.0626. The van der Waals surface area contributed by atoms with E-state index in [0.717, 1.165) is 17.0 Å². The first-order valence-electron chi connectivity index (χ1n) is 7.32. The number of benzene rings is 1. The maximum Gasteiger partial charge on any atom is 0.407 e. The third-order valence-corrected chi connectivity index (χ3v) is 4.43. The van der Waals surface area contributed by atoms with Crippen molar-refractivity contribution in [3.05, 3.63) is 35.1 Å². The fourth-order valence-electron chi connectivity index (χ4n) is 3.38. The van der Waals surface area contributed by atoms with Gasteiger partial charge in [0, 0.05) is 19.5 Å². The summed E-state index contributed by atoms with van der Waals surface area (Å²) in [6.45, 7) is 0.0752. The van der Waals surface area contributed by atoms with Gasteiger partial charge in [-0.1, -0.05) is 0 Å². The van der Waals surface area contributed by atoms with Gasteiger partial charge in [0.05, 0.1) is 12.1 Å². The summed E-state index contributed by atoms with van der Waals surface area (Å²) >= 11 is 0. The minimum atomic E-state index is -1.58. The van der Waals surface area contributed by atoms with Crippen molar-refractivity contribution in [2.75, 3.05) is 13.1 Å². The van der Waals surface area contributed by atoms with Crippen LogP contribution in [0.15, 0.2) is 12.1 Å².